The fourth-order valence-electron chi connectivity index (χ4n) is 3.58. The Morgan fingerprint density at radius 1 is 1.12 bits per heavy atom. The number of carbonyl (C=O) groups is 1. The van der Waals surface area contributed by atoms with E-state index in [4.69, 9.17) is 28.0 Å². The molecule has 2 aromatic carbocycles. The number of thioether (sulfide) groups is 1. The molecule has 1 heterocycles. The molecule has 2 unspecified atom stereocenters. The Balaban J connectivity index is 2.00. The van der Waals surface area contributed by atoms with Crippen LogP contribution in [0.3, 0.4) is 0 Å². The maximum absolute atomic E-state index is 14.5. The quantitative estimate of drug-likeness (QED) is 0.436. The fraction of sp³-hybridized carbons (Fsp3) is 0.333. The van der Waals surface area contributed by atoms with Gasteiger partial charge in [0.1, 0.15) is 17.5 Å². The molecule has 0 bridgehead atoms. The van der Waals surface area contributed by atoms with Crippen molar-refractivity contribution in [2.75, 3.05) is 12.8 Å². The van der Waals surface area contributed by atoms with Crippen molar-refractivity contribution in [1.82, 2.24) is 5.32 Å². The minimum atomic E-state index is -4.92. The summed E-state index contributed by atoms with van der Waals surface area (Å²) in [4.78, 5) is 17.2. The van der Waals surface area contributed by atoms with E-state index in [2.05, 4.69) is 5.16 Å². The van der Waals surface area contributed by atoms with Gasteiger partial charge in [0.05, 0.1) is 0 Å². The highest BCUT2D eigenvalue weighted by atomic mass is 35.5. The fourth-order valence-corrected chi connectivity index (χ4v) is 5.15. The van der Waals surface area contributed by atoms with E-state index in [1.165, 1.54) is 37.4 Å². The van der Waals surface area contributed by atoms with Gasteiger partial charge in [-0.15, -0.1) is 0 Å². The number of nitrogens with one attached hydrogen (secondary N) is 1. The van der Waals surface area contributed by atoms with E-state index in [1.54, 1.807) is 5.32 Å². The van der Waals surface area contributed by atoms with Gasteiger partial charge in [-0.2, -0.15) is 38.1 Å². The Kier molecular flexibility index (Phi) is 7.40. The molecule has 3 rings (SSSR count). The Bertz CT molecular complexity index is 1120. The van der Waals surface area contributed by atoms with Crippen LogP contribution in [0.5, 0.6) is 0 Å². The lowest BCUT2D eigenvalue weighted by molar-refractivity contribution is -0.273. The highest BCUT2D eigenvalue weighted by Gasteiger charge is 2.68. The molecule has 0 aliphatic carbocycles. The standard InChI is InChI=1S/C21H16Cl2F6N2O2S/c1-10-5-11(3-4-15(10)18(32)30-9-19(24,25)26)16-17(34-2)20(33-31-16,21(27,28)29)12-6-13(22)8-14(23)7-12/h3-8,17H,9H2,1-2H3,(H,30,32). The highest BCUT2D eigenvalue weighted by molar-refractivity contribution is 8.00. The predicted molar refractivity (Wildman–Crippen MR) is 119 cm³/mol. The van der Waals surface area contributed by atoms with Crippen molar-refractivity contribution in [3.63, 3.8) is 0 Å². The summed E-state index contributed by atoms with van der Waals surface area (Å²) in [6, 6.07) is 7.38. The summed E-state index contributed by atoms with van der Waals surface area (Å²) in [6.45, 7) is -0.0668. The van der Waals surface area contributed by atoms with Gasteiger partial charge in [-0.3, -0.25) is 4.79 Å². The van der Waals surface area contributed by atoms with E-state index in [9.17, 15) is 31.1 Å². The minimum Gasteiger partial charge on any atom is -0.373 e. The molecule has 1 N–H and O–H groups in total. The molecule has 0 saturated heterocycles. The Hall–Kier alpha value is -2.11. The number of rotatable bonds is 5. The molecule has 1 aliphatic heterocycles. The van der Waals surface area contributed by atoms with Crippen LogP contribution >= 0.6 is 35.0 Å². The summed E-state index contributed by atoms with van der Waals surface area (Å²) in [5.74, 6) is -0.967. The maximum Gasteiger partial charge on any atom is 0.436 e. The summed E-state index contributed by atoms with van der Waals surface area (Å²) in [6.07, 6.45) is -8.06. The normalized spacial score (nSPS) is 20.6. The summed E-state index contributed by atoms with van der Waals surface area (Å²) < 4.78 is 80.6. The van der Waals surface area contributed by atoms with Crippen molar-refractivity contribution < 1.29 is 36.0 Å². The molecular weight excluding hydrogens is 529 g/mol. The zero-order valence-corrected chi connectivity index (χ0v) is 19.8. The molecule has 0 radical (unpaired) electrons. The minimum absolute atomic E-state index is 0.0203. The monoisotopic (exact) mass is 544 g/mol. The van der Waals surface area contributed by atoms with E-state index in [0.29, 0.717) is 0 Å². The Morgan fingerprint density at radius 2 is 1.74 bits per heavy atom. The first-order chi connectivity index (χ1) is 15.7. The molecule has 2 aromatic rings. The van der Waals surface area contributed by atoms with Gasteiger partial charge in [0.25, 0.3) is 11.5 Å². The van der Waals surface area contributed by atoms with Crippen LogP contribution in [0.25, 0.3) is 0 Å². The predicted octanol–water partition coefficient (Wildman–Crippen LogP) is 6.52. The summed E-state index contributed by atoms with van der Waals surface area (Å²) in [5.41, 5.74) is -2.90. The van der Waals surface area contributed by atoms with Gasteiger partial charge >= 0.3 is 12.4 Å². The SMILES string of the molecule is CSC1C(c2ccc(C(=O)NCC(F)(F)F)c(C)c2)=NOC1(c1cc(Cl)cc(Cl)c1)C(F)(F)F. The summed E-state index contributed by atoms with van der Waals surface area (Å²) >= 11 is 12.7. The topological polar surface area (TPSA) is 50.7 Å². The van der Waals surface area contributed by atoms with Crippen molar-refractivity contribution >= 4 is 46.6 Å². The lowest BCUT2D eigenvalue weighted by atomic mass is 9.85. The van der Waals surface area contributed by atoms with Crippen LogP contribution in [0, 0.1) is 6.92 Å². The molecule has 34 heavy (non-hydrogen) atoms. The van der Waals surface area contributed by atoms with Gasteiger partial charge in [-0.1, -0.05) is 34.4 Å². The number of nitrogens with zero attached hydrogens (tertiary/aromatic N) is 1. The van der Waals surface area contributed by atoms with Crippen LogP contribution in [-0.4, -0.2) is 42.0 Å². The van der Waals surface area contributed by atoms with Crippen molar-refractivity contribution in [3.05, 3.63) is 68.7 Å². The summed E-state index contributed by atoms with van der Waals surface area (Å²) in [5, 5.41) is 4.07. The zero-order valence-electron chi connectivity index (χ0n) is 17.4. The zero-order chi connectivity index (χ0) is 25.5. The van der Waals surface area contributed by atoms with E-state index in [-0.39, 0.29) is 38.0 Å². The van der Waals surface area contributed by atoms with Gasteiger partial charge in [0.2, 0.25) is 0 Å². The van der Waals surface area contributed by atoms with Crippen LogP contribution in [0.15, 0.2) is 41.6 Å². The number of benzene rings is 2. The molecule has 0 saturated carbocycles. The molecule has 13 heteroatoms. The number of aryl methyl sites for hydroxylation is 1. The Morgan fingerprint density at radius 3 is 2.24 bits per heavy atom. The number of amides is 1. The van der Waals surface area contributed by atoms with Gasteiger partial charge in [0, 0.05) is 26.7 Å². The second kappa shape index (κ2) is 9.50. The summed E-state index contributed by atoms with van der Waals surface area (Å²) in [7, 11) is 0. The molecule has 1 aliphatic rings. The lowest BCUT2D eigenvalue weighted by Gasteiger charge is -2.34. The number of alkyl halides is 6. The van der Waals surface area contributed by atoms with E-state index < -0.39 is 35.7 Å². The average Bonchev–Trinajstić information content (AvgIpc) is 3.11. The smallest absolute Gasteiger partial charge is 0.373 e. The first kappa shape index (κ1) is 26.5. The van der Waals surface area contributed by atoms with Crippen LogP contribution < -0.4 is 5.32 Å². The molecule has 1 amide bonds. The molecular formula is C21H16Cl2F6N2O2S. The van der Waals surface area contributed by atoms with Gasteiger partial charge < -0.3 is 10.2 Å². The first-order valence-corrected chi connectivity index (χ1v) is 11.5. The van der Waals surface area contributed by atoms with Gasteiger partial charge in [0.15, 0.2) is 0 Å². The first-order valence-electron chi connectivity index (χ1n) is 9.47. The van der Waals surface area contributed by atoms with Crippen molar-refractivity contribution in [2.24, 2.45) is 5.16 Å². The van der Waals surface area contributed by atoms with Crippen LogP contribution in [0.4, 0.5) is 26.3 Å². The number of hydrogen-bond donors (Lipinski definition) is 1. The number of carbonyl (C=O) groups excluding carboxylic acids is 1. The van der Waals surface area contributed by atoms with Crippen molar-refractivity contribution in [3.8, 4) is 0 Å². The van der Waals surface area contributed by atoms with E-state index >= 15 is 0 Å². The molecule has 2 atom stereocenters. The van der Waals surface area contributed by atoms with Gasteiger partial charge in [-0.05, 0) is 49.1 Å². The van der Waals surface area contributed by atoms with Crippen LogP contribution in [0.2, 0.25) is 10.0 Å². The average molecular weight is 545 g/mol. The van der Waals surface area contributed by atoms with E-state index in [1.807, 2.05) is 0 Å². The second-order valence-electron chi connectivity index (χ2n) is 7.40. The van der Waals surface area contributed by atoms with Crippen LogP contribution in [0.1, 0.15) is 27.0 Å². The molecule has 0 aromatic heterocycles. The number of halogens is 8. The third-order valence-electron chi connectivity index (χ3n) is 5.07. The lowest BCUT2D eigenvalue weighted by Crippen LogP contribution is -2.51. The second-order valence-corrected chi connectivity index (χ2v) is 9.22. The molecule has 4 nitrogen and oxygen atoms in total. The van der Waals surface area contributed by atoms with Gasteiger partial charge in [-0.25, -0.2) is 0 Å². The maximum atomic E-state index is 14.5. The molecule has 0 spiro atoms. The number of oxime groups is 1. The Labute approximate surface area is 204 Å². The molecule has 184 valence electrons. The van der Waals surface area contributed by atoms with Crippen molar-refractivity contribution in [2.45, 2.75) is 30.1 Å². The third kappa shape index (κ3) is 5.11. The molecule has 0 fully saturated rings. The largest absolute Gasteiger partial charge is 0.436 e. The van der Waals surface area contributed by atoms with E-state index in [0.717, 1.165) is 23.9 Å². The highest BCUT2D eigenvalue weighted by Crippen LogP contribution is 2.53. The van der Waals surface area contributed by atoms with Crippen molar-refractivity contribution in [1.29, 1.82) is 0 Å². The number of hydrogen-bond acceptors (Lipinski definition) is 4. The third-order valence-corrected chi connectivity index (χ3v) is 6.53. The van der Waals surface area contributed by atoms with Crippen LogP contribution in [-0.2, 0) is 10.4 Å².